The summed E-state index contributed by atoms with van der Waals surface area (Å²) in [5, 5.41) is 13.8. The molecule has 1 aliphatic heterocycles. The summed E-state index contributed by atoms with van der Waals surface area (Å²) in [6.45, 7) is 0.458. The molecule has 0 bridgehead atoms. The maximum atomic E-state index is 12.6. The Morgan fingerprint density at radius 1 is 1.38 bits per heavy atom. The number of thiophene rings is 1. The molecule has 2 heterocycles. The van der Waals surface area contributed by atoms with Gasteiger partial charge in [0.1, 0.15) is 0 Å². The molecule has 0 spiro atoms. The molecule has 24 heavy (non-hydrogen) atoms. The normalized spacial score (nSPS) is 22.8. The van der Waals surface area contributed by atoms with E-state index < -0.39 is 12.0 Å². The van der Waals surface area contributed by atoms with Crippen molar-refractivity contribution in [3.63, 3.8) is 0 Å². The number of nitrogens with one attached hydrogen (secondary N) is 1. The average molecular weight is 350 g/mol. The number of carbonyl (C=O) groups is 3. The molecule has 1 saturated carbocycles. The highest BCUT2D eigenvalue weighted by atomic mass is 32.1. The highest BCUT2D eigenvalue weighted by Gasteiger charge is 2.39. The van der Waals surface area contributed by atoms with Crippen LogP contribution in [0.2, 0.25) is 0 Å². The maximum absolute atomic E-state index is 12.6. The van der Waals surface area contributed by atoms with E-state index >= 15 is 0 Å². The number of likely N-dealkylation sites (tertiary alicyclic amines) is 1. The molecule has 0 aromatic carbocycles. The third-order valence-electron chi connectivity index (χ3n) is 4.88. The SMILES string of the molecule is O=C(O)C[C@@H](NC(=O)[C@H]1CC(=O)N(C2CCCC2)C1)c1cccs1. The van der Waals surface area contributed by atoms with Crippen molar-refractivity contribution < 1.29 is 19.5 Å². The van der Waals surface area contributed by atoms with Gasteiger partial charge in [0.15, 0.2) is 0 Å². The molecule has 1 aromatic heterocycles. The van der Waals surface area contributed by atoms with Crippen molar-refractivity contribution in [3.8, 4) is 0 Å². The van der Waals surface area contributed by atoms with Crippen molar-refractivity contribution in [3.05, 3.63) is 22.4 Å². The van der Waals surface area contributed by atoms with Gasteiger partial charge < -0.3 is 15.3 Å². The van der Waals surface area contributed by atoms with Gasteiger partial charge in [-0.05, 0) is 24.3 Å². The van der Waals surface area contributed by atoms with E-state index in [1.54, 1.807) is 0 Å². The van der Waals surface area contributed by atoms with Crippen LogP contribution in [0.25, 0.3) is 0 Å². The third kappa shape index (κ3) is 3.77. The minimum Gasteiger partial charge on any atom is -0.481 e. The van der Waals surface area contributed by atoms with Crippen LogP contribution in [0.1, 0.15) is 49.4 Å². The highest BCUT2D eigenvalue weighted by Crippen LogP contribution is 2.30. The van der Waals surface area contributed by atoms with Crippen molar-refractivity contribution in [1.82, 2.24) is 10.2 Å². The maximum Gasteiger partial charge on any atom is 0.305 e. The summed E-state index contributed by atoms with van der Waals surface area (Å²) >= 11 is 1.42. The fraction of sp³-hybridized carbons (Fsp3) is 0.588. The molecular formula is C17H22N2O4S. The van der Waals surface area contributed by atoms with Crippen LogP contribution in [0.4, 0.5) is 0 Å². The van der Waals surface area contributed by atoms with Gasteiger partial charge in [-0.25, -0.2) is 0 Å². The van der Waals surface area contributed by atoms with Gasteiger partial charge in [0.05, 0.1) is 18.4 Å². The number of amides is 2. The lowest BCUT2D eigenvalue weighted by molar-refractivity contribution is -0.138. The average Bonchev–Trinajstić information content (AvgIpc) is 3.27. The molecule has 7 heteroatoms. The number of carbonyl (C=O) groups excluding carboxylic acids is 2. The lowest BCUT2D eigenvalue weighted by atomic mass is 10.1. The van der Waals surface area contributed by atoms with Crippen LogP contribution in [0, 0.1) is 5.92 Å². The predicted molar refractivity (Wildman–Crippen MR) is 89.5 cm³/mol. The van der Waals surface area contributed by atoms with Crippen molar-refractivity contribution >= 4 is 29.1 Å². The number of carboxylic acids is 1. The third-order valence-corrected chi connectivity index (χ3v) is 5.86. The van der Waals surface area contributed by atoms with Gasteiger partial charge in [0.25, 0.3) is 0 Å². The largest absolute Gasteiger partial charge is 0.481 e. The van der Waals surface area contributed by atoms with Gasteiger partial charge in [0, 0.05) is 23.9 Å². The van der Waals surface area contributed by atoms with Crippen molar-refractivity contribution in [2.75, 3.05) is 6.54 Å². The van der Waals surface area contributed by atoms with E-state index in [1.165, 1.54) is 11.3 Å². The van der Waals surface area contributed by atoms with Gasteiger partial charge in [-0.15, -0.1) is 11.3 Å². The van der Waals surface area contributed by atoms with E-state index in [2.05, 4.69) is 5.32 Å². The lowest BCUT2D eigenvalue weighted by Crippen LogP contribution is -2.38. The van der Waals surface area contributed by atoms with Crippen LogP contribution >= 0.6 is 11.3 Å². The highest BCUT2D eigenvalue weighted by molar-refractivity contribution is 7.10. The van der Waals surface area contributed by atoms with E-state index in [9.17, 15) is 14.4 Å². The fourth-order valence-corrected chi connectivity index (χ4v) is 4.43. The quantitative estimate of drug-likeness (QED) is 0.823. The Kier molecular flexibility index (Phi) is 5.18. The first-order chi connectivity index (χ1) is 11.5. The number of rotatable bonds is 6. The second-order valence-corrected chi connectivity index (χ2v) is 7.54. The van der Waals surface area contributed by atoms with E-state index in [4.69, 9.17) is 5.11 Å². The van der Waals surface area contributed by atoms with E-state index in [1.807, 2.05) is 22.4 Å². The van der Waals surface area contributed by atoms with E-state index in [0.29, 0.717) is 6.54 Å². The molecule has 1 aromatic rings. The second kappa shape index (κ2) is 7.34. The Balaban J connectivity index is 1.63. The lowest BCUT2D eigenvalue weighted by Gasteiger charge is -2.24. The molecule has 0 unspecified atom stereocenters. The van der Waals surface area contributed by atoms with Crippen LogP contribution in [-0.2, 0) is 14.4 Å². The topological polar surface area (TPSA) is 86.7 Å². The zero-order valence-corrected chi connectivity index (χ0v) is 14.3. The standard InChI is InChI=1S/C17H22N2O4S/c20-15-8-11(10-19(15)12-4-1-2-5-12)17(23)18-13(9-16(21)22)14-6-3-7-24-14/h3,6-7,11-13H,1-2,4-5,8-10H2,(H,18,23)(H,21,22)/t11-,13+/m0/s1. The Labute approximate surface area is 144 Å². The van der Waals surface area contributed by atoms with E-state index in [-0.39, 0.29) is 36.6 Å². The summed E-state index contributed by atoms with van der Waals surface area (Å²) in [7, 11) is 0. The van der Waals surface area contributed by atoms with Crippen molar-refractivity contribution in [2.24, 2.45) is 5.92 Å². The minimum atomic E-state index is -0.955. The Hall–Kier alpha value is -1.89. The van der Waals surface area contributed by atoms with Gasteiger partial charge in [-0.1, -0.05) is 18.9 Å². The van der Waals surface area contributed by atoms with Crippen LogP contribution in [0.15, 0.2) is 17.5 Å². The molecule has 0 radical (unpaired) electrons. The monoisotopic (exact) mass is 350 g/mol. The number of hydrogen-bond acceptors (Lipinski definition) is 4. The van der Waals surface area contributed by atoms with Gasteiger partial charge in [-0.2, -0.15) is 0 Å². The first-order valence-corrected chi connectivity index (χ1v) is 9.27. The van der Waals surface area contributed by atoms with Crippen molar-refractivity contribution in [1.29, 1.82) is 0 Å². The van der Waals surface area contributed by atoms with Crippen LogP contribution in [0.5, 0.6) is 0 Å². The van der Waals surface area contributed by atoms with Crippen molar-refractivity contribution in [2.45, 2.75) is 50.6 Å². The second-order valence-electron chi connectivity index (χ2n) is 6.56. The number of aliphatic carboxylic acids is 1. The van der Waals surface area contributed by atoms with Gasteiger partial charge >= 0.3 is 5.97 Å². The molecule has 2 N–H and O–H groups in total. The molecular weight excluding hydrogens is 328 g/mol. The first kappa shape index (κ1) is 17.0. The first-order valence-electron chi connectivity index (χ1n) is 8.39. The molecule has 6 nitrogen and oxygen atoms in total. The molecule has 130 valence electrons. The number of hydrogen-bond donors (Lipinski definition) is 2. The summed E-state index contributed by atoms with van der Waals surface area (Å²) in [6.07, 6.45) is 4.41. The molecule has 3 rings (SSSR count). The molecule has 2 fully saturated rings. The molecule has 2 amide bonds. The molecule has 2 atom stereocenters. The zero-order valence-electron chi connectivity index (χ0n) is 13.4. The Bertz CT molecular complexity index is 610. The Morgan fingerprint density at radius 3 is 2.75 bits per heavy atom. The van der Waals surface area contributed by atoms with E-state index in [0.717, 1.165) is 30.6 Å². The zero-order chi connectivity index (χ0) is 17.1. The summed E-state index contributed by atoms with van der Waals surface area (Å²) in [6, 6.07) is 3.40. The Morgan fingerprint density at radius 2 is 2.12 bits per heavy atom. The summed E-state index contributed by atoms with van der Waals surface area (Å²) in [5.74, 6) is -1.51. The summed E-state index contributed by atoms with van der Waals surface area (Å²) in [4.78, 5) is 38.5. The summed E-state index contributed by atoms with van der Waals surface area (Å²) in [5.41, 5.74) is 0. The summed E-state index contributed by atoms with van der Waals surface area (Å²) < 4.78 is 0. The van der Waals surface area contributed by atoms with Crippen LogP contribution < -0.4 is 5.32 Å². The molecule has 2 aliphatic rings. The molecule has 1 saturated heterocycles. The predicted octanol–water partition coefficient (Wildman–Crippen LogP) is 2.17. The van der Waals surface area contributed by atoms with Gasteiger partial charge in [-0.3, -0.25) is 14.4 Å². The minimum absolute atomic E-state index is 0.0490. The number of nitrogens with zero attached hydrogens (tertiary/aromatic N) is 1. The molecule has 1 aliphatic carbocycles. The number of carboxylic acid groups (broad SMARTS) is 1. The van der Waals surface area contributed by atoms with Crippen LogP contribution in [-0.4, -0.2) is 40.4 Å². The smallest absolute Gasteiger partial charge is 0.305 e. The fourth-order valence-electron chi connectivity index (χ4n) is 3.65. The van der Waals surface area contributed by atoms with Gasteiger partial charge in [0.2, 0.25) is 11.8 Å². The van der Waals surface area contributed by atoms with Crippen LogP contribution in [0.3, 0.4) is 0 Å².